The van der Waals surface area contributed by atoms with E-state index in [1.807, 2.05) is 79.7 Å². The van der Waals surface area contributed by atoms with Gasteiger partial charge in [-0.3, -0.25) is 57.5 Å². The van der Waals surface area contributed by atoms with E-state index in [0.717, 1.165) is 16.5 Å². The van der Waals surface area contributed by atoms with Crippen LogP contribution < -0.4 is 98.6 Å². The predicted molar refractivity (Wildman–Crippen MR) is 432 cm³/mol. The van der Waals surface area contributed by atoms with Crippen LogP contribution in [-0.2, 0) is 70.4 Å². The third-order valence-corrected chi connectivity index (χ3v) is 19.9. The number of nitrogens with two attached hydrogens (primary N) is 7. The van der Waals surface area contributed by atoms with Crippen LogP contribution in [0.25, 0.3) is 10.9 Å². The van der Waals surface area contributed by atoms with E-state index >= 15 is 4.79 Å². The summed E-state index contributed by atoms with van der Waals surface area (Å²) in [5.74, 6) is -9.79. The van der Waals surface area contributed by atoms with Gasteiger partial charge in [-0.25, -0.2) is 0 Å². The summed E-state index contributed by atoms with van der Waals surface area (Å²) in [4.78, 5) is 176. The molecule has 3 aromatic rings. The van der Waals surface area contributed by atoms with Gasteiger partial charge in [0.1, 0.15) is 66.5 Å². The quantitative estimate of drug-likeness (QED) is 0.0359. The Balaban J connectivity index is 2.01. The lowest BCUT2D eigenvalue weighted by molar-refractivity contribution is -0.137. The standard InChI is InChI=1S/C80H137N19O12/c1-11-51(9)67(79(110)93-62(69(87)100)42-48(3)4)98-74(105)61(36-22-27-41-85)92-75(106)64(44-50(7)8)97-80(111)68(52(10)12-2)99-73(104)60(35-21-26-40-84)89-71(102)58(33-19-24-38-82)90-77(108)65(45-53-28-14-13-15-29-53)96-76(107)63(43-49(5)6)95-72(103)59(34-20-25-39-83)91-78(109)66(94-70(101)56(86)31-18-23-37-81)46-54-47-88-57-32-17-16-30-55(54)57/h13-17,28-30,32,47-52,56,58-68,88H,11-12,18-27,31,33-46,81-86H2,1-10H3,(H2,87,100)(H,89,102)(H,90,108)(H,91,109)(H,92,106)(H,93,110)(H,94,101)(H,95,103)(H,96,107)(H,97,111)(H,98,105)(H,99,104)/t51-,52-,56-,58-,59-,60-,61-,62-,63-,64-,65-,66-,67-,68-/m0/s1. The number of amides is 12. The largest absolute Gasteiger partial charge is 0.368 e. The number of aromatic amines is 1. The van der Waals surface area contributed by atoms with Gasteiger partial charge in [0.15, 0.2) is 0 Å². The number of hydrogen-bond donors (Lipinski definition) is 19. The number of aromatic nitrogens is 1. The van der Waals surface area contributed by atoms with Crippen LogP contribution in [0.2, 0.25) is 0 Å². The number of benzene rings is 2. The van der Waals surface area contributed by atoms with Crippen LogP contribution in [0.1, 0.15) is 209 Å². The van der Waals surface area contributed by atoms with E-state index in [1.54, 1.807) is 50.4 Å². The molecule has 0 aliphatic carbocycles. The van der Waals surface area contributed by atoms with Gasteiger partial charge in [0.05, 0.1) is 6.04 Å². The van der Waals surface area contributed by atoms with Crippen molar-refractivity contribution in [1.82, 2.24) is 63.5 Å². The smallest absolute Gasteiger partial charge is 0.243 e. The minimum absolute atomic E-state index is 0.00886. The number of unbranched alkanes of at least 4 members (excludes halogenated alkanes) is 5. The highest BCUT2D eigenvalue weighted by molar-refractivity contribution is 6.00. The summed E-state index contributed by atoms with van der Waals surface area (Å²) < 4.78 is 0. The second-order valence-electron chi connectivity index (χ2n) is 30.9. The first-order chi connectivity index (χ1) is 52.9. The van der Waals surface area contributed by atoms with Crippen LogP contribution >= 0.6 is 0 Å². The van der Waals surface area contributed by atoms with E-state index in [1.165, 1.54) is 0 Å². The van der Waals surface area contributed by atoms with Gasteiger partial charge in [0, 0.05) is 29.9 Å². The number of primary amides is 1. The topological polar surface area (TPSA) is 535 Å². The van der Waals surface area contributed by atoms with Crippen LogP contribution in [0.4, 0.5) is 0 Å². The van der Waals surface area contributed by atoms with Crippen LogP contribution in [0.15, 0.2) is 60.8 Å². The summed E-state index contributed by atoms with van der Waals surface area (Å²) in [5, 5.41) is 32.1. The molecule has 0 bridgehead atoms. The Morgan fingerprint density at radius 2 is 0.649 bits per heavy atom. The van der Waals surface area contributed by atoms with Crippen molar-refractivity contribution in [3.63, 3.8) is 0 Å². The minimum Gasteiger partial charge on any atom is -0.368 e. The minimum atomic E-state index is -1.37. The maximum atomic E-state index is 15.1. The number of nitrogens with one attached hydrogen (secondary N) is 12. The average molecular weight is 1560 g/mol. The van der Waals surface area contributed by atoms with E-state index < -0.39 is 155 Å². The highest BCUT2D eigenvalue weighted by Crippen LogP contribution is 2.22. The van der Waals surface area contributed by atoms with Crippen LogP contribution in [0.3, 0.4) is 0 Å². The lowest BCUT2D eigenvalue weighted by Gasteiger charge is -2.31. The van der Waals surface area contributed by atoms with Crippen LogP contribution in [0, 0.1) is 29.6 Å². The maximum absolute atomic E-state index is 15.1. The van der Waals surface area contributed by atoms with Crippen molar-refractivity contribution < 1.29 is 57.5 Å². The number of H-pyrrole nitrogens is 1. The van der Waals surface area contributed by atoms with E-state index in [9.17, 15) is 52.7 Å². The molecule has 0 spiro atoms. The number of para-hydroxylation sites is 1. The predicted octanol–water partition coefficient (Wildman–Crippen LogP) is 1.97. The first-order valence-corrected chi connectivity index (χ1v) is 40.3. The number of fused-ring (bicyclic) bond motifs is 1. The average Bonchev–Trinajstić information content (AvgIpc) is 1.72. The fraction of sp³-hybridized carbons (Fsp3) is 0.675. The number of carbonyl (C=O) groups is 12. The second kappa shape index (κ2) is 52.6. The Morgan fingerprint density at radius 1 is 0.342 bits per heavy atom. The van der Waals surface area contributed by atoms with Gasteiger partial charge in [-0.15, -0.1) is 0 Å². The molecular weight excluding hydrogens is 1420 g/mol. The van der Waals surface area contributed by atoms with Gasteiger partial charge in [-0.1, -0.05) is 137 Å². The molecule has 0 saturated heterocycles. The normalized spacial score (nSPS) is 15.3. The van der Waals surface area contributed by atoms with Gasteiger partial charge < -0.3 is 104 Å². The number of hydrogen-bond acceptors (Lipinski definition) is 18. The fourth-order valence-corrected chi connectivity index (χ4v) is 12.9. The van der Waals surface area contributed by atoms with Crippen molar-refractivity contribution in [1.29, 1.82) is 0 Å². The molecule has 12 amide bonds. The maximum Gasteiger partial charge on any atom is 0.243 e. The van der Waals surface area contributed by atoms with Crippen molar-refractivity contribution in [3.8, 4) is 0 Å². The summed E-state index contributed by atoms with van der Waals surface area (Å²) in [6.45, 7) is 19.8. The molecule has 31 heteroatoms. The Bertz CT molecular complexity index is 3360. The summed E-state index contributed by atoms with van der Waals surface area (Å²) in [7, 11) is 0. The Labute approximate surface area is 657 Å². The van der Waals surface area contributed by atoms with E-state index in [-0.39, 0.29) is 95.2 Å². The molecule has 26 N–H and O–H groups in total. The molecule has 0 unspecified atom stereocenters. The lowest BCUT2D eigenvalue weighted by atomic mass is 9.95. The molecule has 0 saturated carbocycles. The molecule has 111 heavy (non-hydrogen) atoms. The summed E-state index contributed by atoms with van der Waals surface area (Å²) in [5.41, 5.74) is 43.6. The number of rotatable bonds is 57. The molecule has 1 heterocycles. The molecule has 0 radical (unpaired) electrons. The SMILES string of the molecule is CC[C@H](C)[C@H](NC(=O)[C@H](CCCCN)NC(=O)[C@H](CC(C)C)NC(=O)[C@@H](NC(=O)[C@H](CCCCN)NC(=O)[C@H](CCCCN)NC(=O)[C@H](Cc1ccccc1)NC(=O)[C@H](CC(C)C)NC(=O)[C@H](CCCCN)NC(=O)[C@H](Cc1c[nH]c2ccccc12)NC(=O)[C@@H](N)CCCCN)[C@@H](C)CC)C(=O)N[C@@H](CC(C)C)C(N)=O. The van der Waals surface area contributed by atoms with Crippen LogP contribution in [-0.4, -0.2) is 181 Å². The lowest BCUT2D eigenvalue weighted by Crippen LogP contribution is -2.62. The van der Waals surface area contributed by atoms with Crippen molar-refractivity contribution in [3.05, 3.63) is 71.9 Å². The van der Waals surface area contributed by atoms with Gasteiger partial charge >= 0.3 is 0 Å². The molecule has 0 aliphatic rings. The van der Waals surface area contributed by atoms with Gasteiger partial charge in [0.2, 0.25) is 70.9 Å². The van der Waals surface area contributed by atoms with Crippen molar-refractivity contribution in [2.45, 2.75) is 283 Å². The van der Waals surface area contributed by atoms with E-state index in [0.29, 0.717) is 102 Å². The van der Waals surface area contributed by atoms with Gasteiger partial charge in [-0.05, 0) is 189 Å². The second-order valence-corrected chi connectivity index (χ2v) is 30.9. The zero-order valence-electron chi connectivity index (χ0n) is 67.6. The van der Waals surface area contributed by atoms with Crippen molar-refractivity contribution in [2.24, 2.45) is 69.7 Å². The Morgan fingerprint density at radius 3 is 1.04 bits per heavy atom. The first-order valence-electron chi connectivity index (χ1n) is 40.3. The molecule has 1 aromatic heterocycles. The summed E-state index contributed by atoms with van der Waals surface area (Å²) >= 11 is 0. The third-order valence-electron chi connectivity index (χ3n) is 19.9. The zero-order chi connectivity index (χ0) is 82.7. The molecule has 31 nitrogen and oxygen atoms in total. The molecule has 2 aromatic carbocycles. The molecule has 14 atom stereocenters. The molecule has 0 aliphatic heterocycles. The number of carbonyl (C=O) groups excluding carboxylic acids is 12. The van der Waals surface area contributed by atoms with Crippen molar-refractivity contribution >= 4 is 81.8 Å². The van der Waals surface area contributed by atoms with E-state index in [4.69, 9.17) is 40.1 Å². The summed E-state index contributed by atoms with van der Waals surface area (Å²) in [6.07, 6.45) is 8.21. The zero-order valence-corrected chi connectivity index (χ0v) is 67.6. The van der Waals surface area contributed by atoms with E-state index in [2.05, 4.69) is 63.5 Å². The Hall–Kier alpha value is -8.62. The Kier molecular flexibility index (Phi) is 45.8. The summed E-state index contributed by atoms with van der Waals surface area (Å²) in [6, 6.07) is 1.82. The molecule has 624 valence electrons. The van der Waals surface area contributed by atoms with Gasteiger partial charge in [0.25, 0.3) is 0 Å². The highest BCUT2D eigenvalue weighted by atomic mass is 16.2. The third kappa shape index (κ3) is 35.3. The monoisotopic (exact) mass is 1560 g/mol. The molecule has 0 fully saturated rings. The molecular formula is C80H137N19O12. The fourth-order valence-electron chi connectivity index (χ4n) is 12.9. The van der Waals surface area contributed by atoms with Crippen molar-refractivity contribution in [2.75, 3.05) is 32.7 Å². The highest BCUT2D eigenvalue weighted by Gasteiger charge is 2.39. The first kappa shape index (κ1) is 96.6. The van der Waals surface area contributed by atoms with Crippen LogP contribution in [0.5, 0.6) is 0 Å². The molecule has 3 rings (SSSR count). The van der Waals surface area contributed by atoms with Gasteiger partial charge in [-0.2, -0.15) is 0 Å².